The third-order valence-corrected chi connectivity index (χ3v) is 4.72. The third-order valence-electron chi connectivity index (χ3n) is 3.86. The fourth-order valence-corrected chi connectivity index (χ4v) is 3.39. The summed E-state index contributed by atoms with van der Waals surface area (Å²) in [5.74, 6) is 0.585. The van der Waals surface area contributed by atoms with Crippen LogP contribution in [-0.2, 0) is 6.54 Å². The Hall–Kier alpha value is -1.59. The summed E-state index contributed by atoms with van der Waals surface area (Å²) >= 11 is 1.72. The monoisotopic (exact) mass is 289 g/mol. The number of hydrogen-bond donors (Lipinski definition) is 1. The maximum atomic E-state index is 12.6. The summed E-state index contributed by atoms with van der Waals surface area (Å²) in [7, 11) is 0. The molecule has 1 amide bonds. The van der Waals surface area contributed by atoms with Gasteiger partial charge in [-0.05, 0) is 42.5 Å². The van der Waals surface area contributed by atoms with Gasteiger partial charge in [-0.3, -0.25) is 4.79 Å². The summed E-state index contributed by atoms with van der Waals surface area (Å²) in [6, 6.07) is 7.99. The van der Waals surface area contributed by atoms with E-state index < -0.39 is 0 Å². The molecule has 1 aliphatic rings. The maximum Gasteiger partial charge on any atom is 0.270 e. The number of amides is 1. The molecule has 4 nitrogen and oxygen atoms in total. The summed E-state index contributed by atoms with van der Waals surface area (Å²) in [6.45, 7) is 3.05. The number of carbonyl (C=O) groups excluding carboxylic acids is 1. The van der Waals surface area contributed by atoms with Gasteiger partial charge in [0.25, 0.3) is 5.91 Å². The van der Waals surface area contributed by atoms with E-state index in [2.05, 4.69) is 11.4 Å². The minimum absolute atomic E-state index is 0.127. The van der Waals surface area contributed by atoms with Crippen LogP contribution in [0.25, 0.3) is 0 Å². The van der Waals surface area contributed by atoms with E-state index in [1.165, 1.54) is 4.88 Å². The molecule has 2 aromatic rings. The van der Waals surface area contributed by atoms with Gasteiger partial charge in [-0.15, -0.1) is 11.3 Å². The standard InChI is InChI=1S/C15H19N3OS/c16-9-12-5-7-18(10-12)15(19)14-4-1-6-17(14)11-13-3-2-8-20-13/h1-4,6,8,12H,5,7,9-11,16H2/t12-/m0/s1. The van der Waals surface area contributed by atoms with Gasteiger partial charge in [0, 0.05) is 24.2 Å². The first kappa shape index (κ1) is 13.4. The molecule has 0 aliphatic carbocycles. The van der Waals surface area contributed by atoms with E-state index in [-0.39, 0.29) is 5.91 Å². The molecule has 0 spiro atoms. The summed E-state index contributed by atoms with van der Waals surface area (Å²) < 4.78 is 2.03. The van der Waals surface area contributed by atoms with Crippen molar-refractivity contribution >= 4 is 17.2 Å². The molecule has 1 atom stereocenters. The van der Waals surface area contributed by atoms with Gasteiger partial charge in [-0.25, -0.2) is 0 Å². The van der Waals surface area contributed by atoms with Gasteiger partial charge in [0.2, 0.25) is 0 Å². The van der Waals surface area contributed by atoms with Crippen molar-refractivity contribution in [3.05, 3.63) is 46.4 Å². The van der Waals surface area contributed by atoms with Gasteiger partial charge in [-0.2, -0.15) is 0 Å². The van der Waals surface area contributed by atoms with Crippen LogP contribution in [0.15, 0.2) is 35.8 Å². The number of rotatable bonds is 4. The second kappa shape index (κ2) is 5.81. The molecule has 1 aliphatic heterocycles. The molecule has 1 saturated heterocycles. The fraction of sp³-hybridized carbons (Fsp3) is 0.400. The van der Waals surface area contributed by atoms with E-state index in [1.807, 2.05) is 33.9 Å². The van der Waals surface area contributed by atoms with Gasteiger partial charge in [0.05, 0.1) is 6.54 Å². The quantitative estimate of drug-likeness (QED) is 0.936. The van der Waals surface area contributed by atoms with Crippen LogP contribution in [0.2, 0.25) is 0 Å². The number of likely N-dealkylation sites (tertiary alicyclic amines) is 1. The average Bonchev–Trinajstić information content (AvgIpc) is 3.20. The predicted molar refractivity (Wildman–Crippen MR) is 80.9 cm³/mol. The van der Waals surface area contributed by atoms with Gasteiger partial charge in [-0.1, -0.05) is 6.07 Å². The molecule has 0 bridgehead atoms. The molecular formula is C15H19N3OS. The minimum Gasteiger partial charge on any atom is -0.338 e. The Kier molecular flexibility index (Phi) is 3.89. The van der Waals surface area contributed by atoms with Gasteiger partial charge >= 0.3 is 0 Å². The Balaban J connectivity index is 1.74. The summed E-state index contributed by atoms with van der Waals surface area (Å²) in [6.07, 6.45) is 3.00. The van der Waals surface area contributed by atoms with Crippen molar-refractivity contribution in [1.82, 2.24) is 9.47 Å². The molecule has 20 heavy (non-hydrogen) atoms. The lowest BCUT2D eigenvalue weighted by Gasteiger charge is -2.17. The van der Waals surface area contributed by atoms with E-state index in [0.29, 0.717) is 12.5 Å². The largest absolute Gasteiger partial charge is 0.338 e. The molecule has 106 valence electrons. The highest BCUT2D eigenvalue weighted by Gasteiger charge is 2.27. The first-order valence-corrected chi connectivity index (χ1v) is 7.82. The molecule has 0 saturated carbocycles. The fourth-order valence-electron chi connectivity index (χ4n) is 2.69. The van der Waals surface area contributed by atoms with E-state index >= 15 is 0 Å². The highest BCUT2D eigenvalue weighted by atomic mass is 32.1. The molecule has 2 N–H and O–H groups in total. The first-order chi connectivity index (χ1) is 9.78. The summed E-state index contributed by atoms with van der Waals surface area (Å²) in [5, 5.41) is 2.06. The van der Waals surface area contributed by atoms with Crippen LogP contribution in [0, 0.1) is 5.92 Å². The Morgan fingerprint density at radius 2 is 2.30 bits per heavy atom. The van der Waals surface area contributed by atoms with E-state index in [0.717, 1.165) is 31.7 Å². The smallest absolute Gasteiger partial charge is 0.270 e. The van der Waals surface area contributed by atoms with Gasteiger partial charge in [0.1, 0.15) is 5.69 Å². The van der Waals surface area contributed by atoms with Crippen LogP contribution in [0.3, 0.4) is 0 Å². The topological polar surface area (TPSA) is 51.3 Å². The molecule has 3 heterocycles. The molecule has 0 aromatic carbocycles. The van der Waals surface area contributed by atoms with Crippen LogP contribution >= 0.6 is 11.3 Å². The van der Waals surface area contributed by atoms with Crippen LogP contribution in [0.1, 0.15) is 21.8 Å². The number of hydrogen-bond acceptors (Lipinski definition) is 3. The molecule has 2 aromatic heterocycles. The van der Waals surface area contributed by atoms with E-state index in [9.17, 15) is 4.79 Å². The highest BCUT2D eigenvalue weighted by molar-refractivity contribution is 7.09. The van der Waals surface area contributed by atoms with Crippen LogP contribution < -0.4 is 5.73 Å². The Morgan fingerprint density at radius 1 is 1.40 bits per heavy atom. The van der Waals surface area contributed by atoms with E-state index in [1.54, 1.807) is 11.3 Å². The van der Waals surface area contributed by atoms with Gasteiger partial charge in [0.15, 0.2) is 0 Å². The van der Waals surface area contributed by atoms with Crippen molar-refractivity contribution in [2.45, 2.75) is 13.0 Å². The molecule has 5 heteroatoms. The average molecular weight is 289 g/mol. The third kappa shape index (κ3) is 2.64. The van der Waals surface area contributed by atoms with Gasteiger partial charge < -0.3 is 15.2 Å². The molecular weight excluding hydrogens is 270 g/mol. The molecule has 0 unspecified atom stereocenters. The molecule has 3 rings (SSSR count). The zero-order valence-electron chi connectivity index (χ0n) is 11.4. The lowest BCUT2D eigenvalue weighted by molar-refractivity contribution is 0.0777. The zero-order chi connectivity index (χ0) is 13.9. The number of nitrogens with two attached hydrogens (primary N) is 1. The Labute approximate surface area is 122 Å². The van der Waals surface area contributed by atoms with Crippen LogP contribution in [-0.4, -0.2) is 35.0 Å². The minimum atomic E-state index is 0.127. The van der Waals surface area contributed by atoms with Crippen molar-refractivity contribution in [3.8, 4) is 0 Å². The van der Waals surface area contributed by atoms with E-state index in [4.69, 9.17) is 5.73 Å². The van der Waals surface area contributed by atoms with Crippen LogP contribution in [0.5, 0.6) is 0 Å². The predicted octanol–water partition coefficient (Wildman–Crippen LogP) is 2.02. The summed E-state index contributed by atoms with van der Waals surface area (Å²) in [5.41, 5.74) is 6.47. The highest BCUT2D eigenvalue weighted by Crippen LogP contribution is 2.19. The lowest BCUT2D eigenvalue weighted by atomic mass is 10.1. The maximum absolute atomic E-state index is 12.6. The number of nitrogens with zero attached hydrogens (tertiary/aromatic N) is 2. The molecule has 1 fully saturated rings. The van der Waals surface area contributed by atoms with Crippen molar-refractivity contribution in [2.75, 3.05) is 19.6 Å². The van der Waals surface area contributed by atoms with Crippen molar-refractivity contribution in [2.24, 2.45) is 11.7 Å². The zero-order valence-corrected chi connectivity index (χ0v) is 12.2. The Morgan fingerprint density at radius 3 is 3.00 bits per heavy atom. The van der Waals surface area contributed by atoms with Crippen molar-refractivity contribution in [3.63, 3.8) is 0 Å². The summed E-state index contributed by atoms with van der Waals surface area (Å²) in [4.78, 5) is 15.8. The number of carbonyl (C=O) groups is 1. The number of aromatic nitrogens is 1. The second-order valence-electron chi connectivity index (χ2n) is 5.24. The number of thiophene rings is 1. The van der Waals surface area contributed by atoms with Crippen molar-refractivity contribution in [1.29, 1.82) is 0 Å². The SMILES string of the molecule is NC[C@@H]1CCN(C(=O)c2cccn2Cc2cccs2)C1. The van der Waals surface area contributed by atoms with Crippen molar-refractivity contribution < 1.29 is 4.79 Å². The lowest BCUT2D eigenvalue weighted by Crippen LogP contribution is -2.31. The van der Waals surface area contributed by atoms with Crippen LogP contribution in [0.4, 0.5) is 0 Å². The normalized spacial score (nSPS) is 18.6. The first-order valence-electron chi connectivity index (χ1n) is 6.95. The molecule has 0 radical (unpaired) electrons. The second-order valence-corrected chi connectivity index (χ2v) is 6.27. The Bertz CT molecular complexity index is 576.